The van der Waals surface area contributed by atoms with Crippen LogP contribution in [0.4, 0.5) is 0 Å². The van der Waals surface area contributed by atoms with Crippen molar-refractivity contribution >= 4 is 17.7 Å². The van der Waals surface area contributed by atoms with Crippen LogP contribution in [0.2, 0.25) is 0 Å². The molecule has 0 spiro atoms. The van der Waals surface area contributed by atoms with Crippen LogP contribution < -0.4 is 0 Å². The molecule has 20 heavy (non-hydrogen) atoms. The first kappa shape index (κ1) is 14.6. The molecular formula is C16H17NO2S. The van der Waals surface area contributed by atoms with E-state index < -0.39 is 0 Å². The smallest absolute Gasteiger partial charge is 0.323 e. The fourth-order valence-corrected chi connectivity index (χ4v) is 3.05. The van der Waals surface area contributed by atoms with E-state index in [1.54, 1.807) is 24.2 Å². The quantitative estimate of drug-likeness (QED) is 0.764. The van der Waals surface area contributed by atoms with E-state index in [0.29, 0.717) is 0 Å². The molecule has 1 aromatic carbocycles. The lowest BCUT2D eigenvalue weighted by Crippen LogP contribution is -2.12. The van der Waals surface area contributed by atoms with Crippen LogP contribution in [0.15, 0.2) is 54.9 Å². The number of nitrogens with zero attached hydrogens (tertiary/aromatic N) is 1. The number of benzene rings is 1. The highest BCUT2D eigenvalue weighted by Gasteiger charge is 2.21. The minimum absolute atomic E-state index is 0.198. The van der Waals surface area contributed by atoms with E-state index in [2.05, 4.69) is 4.98 Å². The number of ether oxygens (including phenoxy) is 1. The monoisotopic (exact) mass is 287 g/mol. The summed E-state index contributed by atoms with van der Waals surface area (Å²) in [7, 11) is 1.43. The minimum Gasteiger partial charge on any atom is -0.468 e. The highest BCUT2D eigenvalue weighted by atomic mass is 32.2. The highest BCUT2D eigenvalue weighted by Crippen LogP contribution is 2.30. The molecule has 0 saturated heterocycles. The number of esters is 1. The third kappa shape index (κ3) is 4.10. The molecule has 0 saturated carbocycles. The summed E-state index contributed by atoms with van der Waals surface area (Å²) in [6, 6.07) is 13.7. The van der Waals surface area contributed by atoms with E-state index >= 15 is 0 Å². The van der Waals surface area contributed by atoms with Crippen molar-refractivity contribution in [3.63, 3.8) is 0 Å². The zero-order chi connectivity index (χ0) is 14.2. The maximum absolute atomic E-state index is 11.9. The van der Waals surface area contributed by atoms with Crippen LogP contribution in [0.1, 0.15) is 16.4 Å². The van der Waals surface area contributed by atoms with E-state index in [4.69, 9.17) is 4.74 Å². The van der Waals surface area contributed by atoms with E-state index in [9.17, 15) is 4.79 Å². The summed E-state index contributed by atoms with van der Waals surface area (Å²) in [5.41, 5.74) is 2.21. The molecule has 3 nitrogen and oxygen atoms in total. The Bertz CT molecular complexity index is 531. The molecule has 4 heteroatoms. The van der Waals surface area contributed by atoms with Gasteiger partial charge < -0.3 is 4.74 Å². The van der Waals surface area contributed by atoms with Crippen LogP contribution in [-0.2, 0) is 16.0 Å². The number of pyridine rings is 1. The number of rotatable bonds is 6. The molecule has 0 aliphatic carbocycles. The van der Waals surface area contributed by atoms with Gasteiger partial charge in [0.25, 0.3) is 0 Å². The number of thioether (sulfide) groups is 1. The summed E-state index contributed by atoms with van der Waals surface area (Å²) in [6.45, 7) is 0. The molecule has 0 radical (unpaired) electrons. The van der Waals surface area contributed by atoms with Crippen molar-refractivity contribution in [2.24, 2.45) is 0 Å². The topological polar surface area (TPSA) is 39.2 Å². The summed E-state index contributed by atoms with van der Waals surface area (Å²) in [6.07, 6.45) is 4.48. The largest absolute Gasteiger partial charge is 0.468 e. The average Bonchev–Trinajstić information content (AvgIpc) is 2.53. The van der Waals surface area contributed by atoms with E-state index in [-0.39, 0.29) is 11.2 Å². The first-order valence-corrected chi connectivity index (χ1v) is 7.49. The highest BCUT2D eigenvalue weighted by molar-refractivity contribution is 8.00. The Balaban J connectivity index is 1.97. The molecule has 1 aromatic heterocycles. The van der Waals surface area contributed by atoms with Crippen LogP contribution >= 0.6 is 11.8 Å². The maximum atomic E-state index is 11.9. The molecule has 0 fully saturated rings. The van der Waals surface area contributed by atoms with Crippen molar-refractivity contribution < 1.29 is 9.53 Å². The number of aryl methyl sites for hydroxylation is 1. The Kier molecular flexibility index (Phi) is 5.62. The first-order valence-electron chi connectivity index (χ1n) is 6.44. The zero-order valence-electron chi connectivity index (χ0n) is 11.4. The zero-order valence-corrected chi connectivity index (χ0v) is 12.2. The van der Waals surface area contributed by atoms with E-state index in [0.717, 1.165) is 17.7 Å². The lowest BCUT2D eigenvalue weighted by Gasteiger charge is -2.14. The second-order valence-corrected chi connectivity index (χ2v) is 5.50. The van der Waals surface area contributed by atoms with Gasteiger partial charge in [-0.05, 0) is 35.4 Å². The predicted molar refractivity (Wildman–Crippen MR) is 81.6 cm³/mol. The Morgan fingerprint density at radius 3 is 2.55 bits per heavy atom. The molecule has 0 aliphatic heterocycles. The van der Waals surface area contributed by atoms with Gasteiger partial charge in [0.1, 0.15) is 5.25 Å². The molecule has 0 N–H and O–H groups in total. The summed E-state index contributed by atoms with van der Waals surface area (Å²) in [5, 5.41) is -0.261. The molecule has 1 heterocycles. The third-order valence-corrected chi connectivity index (χ3v) is 4.18. The first-order chi connectivity index (χ1) is 9.81. The van der Waals surface area contributed by atoms with Gasteiger partial charge in [-0.2, -0.15) is 0 Å². The van der Waals surface area contributed by atoms with E-state index in [1.165, 1.54) is 12.7 Å². The van der Waals surface area contributed by atoms with E-state index in [1.807, 2.05) is 42.5 Å². The van der Waals surface area contributed by atoms with Crippen LogP contribution in [0.3, 0.4) is 0 Å². The number of hydrogen-bond donors (Lipinski definition) is 0. The van der Waals surface area contributed by atoms with Crippen LogP contribution in [0, 0.1) is 0 Å². The number of aromatic nitrogens is 1. The molecule has 0 aliphatic rings. The van der Waals surface area contributed by atoms with Crippen LogP contribution in [0.5, 0.6) is 0 Å². The molecule has 1 unspecified atom stereocenters. The third-order valence-electron chi connectivity index (χ3n) is 2.94. The van der Waals surface area contributed by atoms with Crippen molar-refractivity contribution in [1.29, 1.82) is 0 Å². The molecule has 2 aromatic rings. The normalized spacial score (nSPS) is 11.8. The minimum atomic E-state index is -0.261. The Hall–Kier alpha value is -1.81. The molecular weight excluding hydrogens is 270 g/mol. The van der Waals surface area contributed by atoms with Gasteiger partial charge in [-0.3, -0.25) is 9.78 Å². The number of carbonyl (C=O) groups excluding carboxylic acids is 1. The standard InChI is InChI=1S/C16H17NO2S/c1-19-16(18)15(14-5-3-2-4-6-14)20-12-9-13-7-10-17-11-8-13/h2-8,10-11,15H,9,12H2,1H3. The Morgan fingerprint density at radius 2 is 1.90 bits per heavy atom. The van der Waals surface area contributed by atoms with Crippen molar-refractivity contribution in [2.45, 2.75) is 11.7 Å². The lowest BCUT2D eigenvalue weighted by molar-refractivity contribution is -0.140. The summed E-state index contributed by atoms with van der Waals surface area (Å²) in [5.74, 6) is 0.662. The van der Waals surface area contributed by atoms with Gasteiger partial charge in [-0.25, -0.2) is 0 Å². The number of carbonyl (C=O) groups is 1. The van der Waals surface area contributed by atoms with Gasteiger partial charge in [-0.1, -0.05) is 30.3 Å². The van der Waals surface area contributed by atoms with Gasteiger partial charge >= 0.3 is 5.97 Å². The van der Waals surface area contributed by atoms with Gasteiger partial charge in [-0.15, -0.1) is 11.8 Å². The molecule has 2 rings (SSSR count). The van der Waals surface area contributed by atoms with Crippen molar-refractivity contribution in [3.8, 4) is 0 Å². The fourth-order valence-electron chi connectivity index (χ4n) is 1.88. The molecule has 104 valence electrons. The fraction of sp³-hybridized carbons (Fsp3) is 0.250. The molecule has 1 atom stereocenters. The predicted octanol–water partition coefficient (Wildman–Crippen LogP) is 3.27. The molecule has 0 amide bonds. The molecule has 0 bridgehead atoms. The second kappa shape index (κ2) is 7.70. The lowest BCUT2D eigenvalue weighted by atomic mass is 10.1. The van der Waals surface area contributed by atoms with Crippen molar-refractivity contribution in [3.05, 3.63) is 66.0 Å². The van der Waals surface area contributed by atoms with Crippen molar-refractivity contribution in [1.82, 2.24) is 4.98 Å². The summed E-state index contributed by atoms with van der Waals surface area (Å²) in [4.78, 5) is 15.9. The van der Waals surface area contributed by atoms with Crippen molar-refractivity contribution in [2.75, 3.05) is 12.9 Å². The average molecular weight is 287 g/mol. The Morgan fingerprint density at radius 1 is 1.20 bits per heavy atom. The SMILES string of the molecule is COC(=O)C(SCCc1ccncc1)c1ccccc1. The number of hydrogen-bond acceptors (Lipinski definition) is 4. The van der Waals surface area contributed by atoms with Gasteiger partial charge in [0.2, 0.25) is 0 Å². The maximum Gasteiger partial charge on any atom is 0.323 e. The van der Waals surface area contributed by atoms with Crippen LogP contribution in [0.25, 0.3) is 0 Å². The van der Waals surface area contributed by atoms with Gasteiger partial charge in [0.05, 0.1) is 7.11 Å². The van der Waals surface area contributed by atoms with Crippen LogP contribution in [-0.4, -0.2) is 23.8 Å². The second-order valence-electron chi connectivity index (χ2n) is 4.29. The van der Waals surface area contributed by atoms with Gasteiger partial charge in [0.15, 0.2) is 0 Å². The summed E-state index contributed by atoms with van der Waals surface area (Å²) < 4.78 is 4.90. The van der Waals surface area contributed by atoms with Gasteiger partial charge in [0, 0.05) is 12.4 Å². The summed E-state index contributed by atoms with van der Waals surface area (Å²) >= 11 is 1.61. The number of methoxy groups -OCH3 is 1. The Labute approximate surface area is 123 Å².